The summed E-state index contributed by atoms with van der Waals surface area (Å²) in [7, 11) is 0. The van der Waals surface area contributed by atoms with E-state index in [0.717, 1.165) is 38.2 Å². The molecule has 3 rings (SSSR count). The number of benzene rings is 1. The van der Waals surface area contributed by atoms with Crippen molar-refractivity contribution in [1.29, 1.82) is 0 Å². The normalized spacial score (nSPS) is 17.5. The Morgan fingerprint density at radius 1 is 1.36 bits per heavy atom. The molecule has 0 spiro atoms. The third-order valence-corrected chi connectivity index (χ3v) is 4.02. The highest BCUT2D eigenvalue weighted by Gasteiger charge is 2.21. The van der Waals surface area contributed by atoms with Gasteiger partial charge in [-0.05, 0) is 24.9 Å². The average Bonchev–Trinajstić information content (AvgIpc) is 3.20. The first-order valence-electron chi connectivity index (χ1n) is 7.88. The van der Waals surface area contributed by atoms with E-state index in [9.17, 15) is 4.79 Å². The lowest BCUT2D eigenvalue weighted by Gasteiger charge is -2.12. The van der Waals surface area contributed by atoms with Crippen molar-refractivity contribution in [2.24, 2.45) is 0 Å². The van der Waals surface area contributed by atoms with Gasteiger partial charge >= 0.3 is 0 Å². The third-order valence-electron chi connectivity index (χ3n) is 4.02. The van der Waals surface area contributed by atoms with Gasteiger partial charge in [0.05, 0.1) is 6.04 Å². The molecule has 1 amide bonds. The second-order valence-electron chi connectivity index (χ2n) is 5.65. The van der Waals surface area contributed by atoms with Gasteiger partial charge in [0.25, 0.3) is 0 Å². The van der Waals surface area contributed by atoms with E-state index in [2.05, 4.69) is 32.3 Å². The van der Waals surface area contributed by atoms with E-state index < -0.39 is 0 Å². The fraction of sp³-hybridized carbons (Fsp3) is 0.412. The molecule has 1 aliphatic heterocycles. The molecule has 2 heterocycles. The van der Waals surface area contributed by atoms with Crippen LogP contribution in [-0.4, -0.2) is 34.6 Å². The summed E-state index contributed by atoms with van der Waals surface area (Å²) in [4.78, 5) is 16.4. The van der Waals surface area contributed by atoms with Crippen LogP contribution in [0.3, 0.4) is 0 Å². The van der Waals surface area contributed by atoms with E-state index in [-0.39, 0.29) is 11.9 Å². The van der Waals surface area contributed by atoms with Gasteiger partial charge in [-0.3, -0.25) is 4.79 Å². The van der Waals surface area contributed by atoms with Crippen LogP contribution in [0.2, 0.25) is 0 Å². The van der Waals surface area contributed by atoms with Crippen LogP contribution in [0.15, 0.2) is 42.7 Å². The summed E-state index contributed by atoms with van der Waals surface area (Å²) in [5, 5.41) is 6.21. The Hall–Kier alpha value is -2.14. The summed E-state index contributed by atoms with van der Waals surface area (Å²) in [5.41, 5.74) is 1.25. The van der Waals surface area contributed by atoms with E-state index in [1.807, 2.05) is 30.6 Å². The van der Waals surface area contributed by atoms with E-state index in [1.54, 1.807) is 0 Å². The van der Waals surface area contributed by atoms with Crippen LogP contribution in [0.1, 0.15) is 24.2 Å². The molecule has 116 valence electrons. The van der Waals surface area contributed by atoms with Gasteiger partial charge in [-0.25, -0.2) is 4.98 Å². The van der Waals surface area contributed by atoms with Crippen LogP contribution in [-0.2, 0) is 17.8 Å². The molecule has 5 nitrogen and oxygen atoms in total. The highest BCUT2D eigenvalue weighted by Crippen LogP contribution is 2.07. The van der Waals surface area contributed by atoms with Crippen molar-refractivity contribution in [3.05, 3.63) is 54.1 Å². The Morgan fingerprint density at radius 3 is 3.00 bits per heavy atom. The van der Waals surface area contributed by atoms with Gasteiger partial charge in [-0.2, -0.15) is 0 Å². The van der Waals surface area contributed by atoms with E-state index in [4.69, 9.17) is 0 Å². The quantitative estimate of drug-likeness (QED) is 0.846. The number of nitrogens with one attached hydrogen (secondary N) is 2. The summed E-state index contributed by atoms with van der Waals surface area (Å²) in [6.45, 7) is 2.39. The highest BCUT2D eigenvalue weighted by molar-refractivity contribution is 5.81. The summed E-state index contributed by atoms with van der Waals surface area (Å²) in [5.74, 6) is 1.11. The molecule has 0 aliphatic carbocycles. The lowest BCUT2D eigenvalue weighted by Crippen LogP contribution is -2.41. The minimum Gasteiger partial charge on any atom is -0.354 e. The SMILES string of the molecule is O=C(NCCc1nccn1Cc1ccccc1)C1CCCN1. The van der Waals surface area contributed by atoms with Crippen molar-refractivity contribution in [3.8, 4) is 0 Å². The Labute approximate surface area is 130 Å². The zero-order chi connectivity index (χ0) is 15.2. The number of carbonyl (C=O) groups excluding carboxylic acids is 1. The number of hydrogen-bond acceptors (Lipinski definition) is 3. The first-order chi connectivity index (χ1) is 10.8. The lowest BCUT2D eigenvalue weighted by molar-refractivity contribution is -0.122. The summed E-state index contributed by atoms with van der Waals surface area (Å²) >= 11 is 0. The van der Waals surface area contributed by atoms with Gasteiger partial charge in [-0.15, -0.1) is 0 Å². The second kappa shape index (κ2) is 7.22. The van der Waals surface area contributed by atoms with Crippen LogP contribution >= 0.6 is 0 Å². The molecule has 1 aromatic heterocycles. The first-order valence-corrected chi connectivity index (χ1v) is 7.88. The number of hydrogen-bond donors (Lipinski definition) is 2. The molecule has 0 bridgehead atoms. The van der Waals surface area contributed by atoms with Gasteiger partial charge < -0.3 is 15.2 Å². The minimum absolute atomic E-state index is 0.0101. The molecule has 2 N–H and O–H groups in total. The molecule has 1 unspecified atom stereocenters. The maximum atomic E-state index is 11.9. The van der Waals surface area contributed by atoms with Gasteiger partial charge in [-0.1, -0.05) is 30.3 Å². The number of carbonyl (C=O) groups is 1. The zero-order valence-corrected chi connectivity index (χ0v) is 12.7. The van der Waals surface area contributed by atoms with Crippen molar-refractivity contribution in [1.82, 2.24) is 20.2 Å². The number of amides is 1. The lowest BCUT2D eigenvalue weighted by atomic mass is 10.2. The molecular formula is C17H22N4O. The number of rotatable bonds is 6. The Kier molecular flexibility index (Phi) is 4.85. The molecule has 1 saturated heterocycles. The topological polar surface area (TPSA) is 59.0 Å². The van der Waals surface area contributed by atoms with Crippen molar-refractivity contribution in [2.45, 2.75) is 31.8 Å². The molecule has 0 saturated carbocycles. The van der Waals surface area contributed by atoms with Crippen molar-refractivity contribution < 1.29 is 4.79 Å². The summed E-state index contributed by atoms with van der Waals surface area (Å²) in [6.07, 6.45) is 6.58. The van der Waals surface area contributed by atoms with E-state index >= 15 is 0 Å². The van der Waals surface area contributed by atoms with Crippen LogP contribution in [0.4, 0.5) is 0 Å². The standard InChI is InChI=1S/C17H22N4O/c22-17(15-7-4-9-18-15)20-10-8-16-19-11-12-21(16)13-14-5-2-1-3-6-14/h1-3,5-6,11-12,15,18H,4,7-10,13H2,(H,20,22). The maximum absolute atomic E-state index is 11.9. The highest BCUT2D eigenvalue weighted by atomic mass is 16.2. The van der Waals surface area contributed by atoms with Crippen molar-refractivity contribution >= 4 is 5.91 Å². The predicted molar refractivity (Wildman–Crippen MR) is 85.5 cm³/mol. The fourth-order valence-electron chi connectivity index (χ4n) is 2.82. The molecule has 1 aliphatic rings. The predicted octanol–water partition coefficient (Wildman–Crippen LogP) is 1.34. The van der Waals surface area contributed by atoms with Crippen molar-refractivity contribution in [2.75, 3.05) is 13.1 Å². The molecule has 1 aromatic carbocycles. The summed E-state index contributed by atoms with van der Waals surface area (Å²) in [6, 6.07) is 10.3. The molecule has 5 heteroatoms. The maximum Gasteiger partial charge on any atom is 0.237 e. The Morgan fingerprint density at radius 2 is 2.23 bits per heavy atom. The van der Waals surface area contributed by atoms with Crippen LogP contribution in [0, 0.1) is 0 Å². The van der Waals surface area contributed by atoms with Crippen LogP contribution in [0.5, 0.6) is 0 Å². The number of nitrogens with zero attached hydrogens (tertiary/aromatic N) is 2. The minimum atomic E-state index is -0.0101. The van der Waals surface area contributed by atoms with Crippen LogP contribution < -0.4 is 10.6 Å². The van der Waals surface area contributed by atoms with E-state index in [1.165, 1.54) is 5.56 Å². The first kappa shape index (κ1) is 14.8. The fourth-order valence-corrected chi connectivity index (χ4v) is 2.82. The van der Waals surface area contributed by atoms with E-state index in [0.29, 0.717) is 6.54 Å². The smallest absolute Gasteiger partial charge is 0.237 e. The van der Waals surface area contributed by atoms with Gasteiger partial charge in [0.1, 0.15) is 5.82 Å². The third kappa shape index (κ3) is 3.74. The van der Waals surface area contributed by atoms with Crippen molar-refractivity contribution in [3.63, 3.8) is 0 Å². The molecular weight excluding hydrogens is 276 g/mol. The second-order valence-corrected chi connectivity index (χ2v) is 5.65. The van der Waals surface area contributed by atoms with Gasteiger partial charge in [0.2, 0.25) is 5.91 Å². The molecule has 22 heavy (non-hydrogen) atoms. The number of aromatic nitrogens is 2. The molecule has 2 aromatic rings. The van der Waals surface area contributed by atoms with Gasteiger partial charge in [0, 0.05) is 31.9 Å². The Balaban J connectivity index is 1.51. The molecule has 1 atom stereocenters. The van der Waals surface area contributed by atoms with Gasteiger partial charge in [0.15, 0.2) is 0 Å². The molecule has 0 radical (unpaired) electrons. The number of imidazole rings is 1. The van der Waals surface area contributed by atoms with Crippen LogP contribution in [0.25, 0.3) is 0 Å². The monoisotopic (exact) mass is 298 g/mol. The average molecular weight is 298 g/mol. The summed E-state index contributed by atoms with van der Waals surface area (Å²) < 4.78 is 2.13. The largest absolute Gasteiger partial charge is 0.354 e. The zero-order valence-electron chi connectivity index (χ0n) is 12.7. The molecule has 1 fully saturated rings. The Bertz CT molecular complexity index is 602.